The third-order valence-electron chi connectivity index (χ3n) is 4.89. The Hall–Kier alpha value is -2.29. The summed E-state index contributed by atoms with van der Waals surface area (Å²) < 4.78 is 40.3. The van der Waals surface area contributed by atoms with E-state index in [4.69, 9.17) is 0 Å². The summed E-state index contributed by atoms with van der Waals surface area (Å²) in [6.45, 7) is 2.53. The van der Waals surface area contributed by atoms with Crippen LogP contribution in [0.1, 0.15) is 17.8 Å². The number of alkyl halides is 3. The molecule has 1 aliphatic heterocycles. The normalized spacial score (nSPS) is 17.9. The van der Waals surface area contributed by atoms with Gasteiger partial charge in [-0.2, -0.15) is 13.2 Å². The molecule has 0 saturated carbocycles. The quantitative estimate of drug-likeness (QED) is 0.883. The van der Waals surface area contributed by atoms with Crippen molar-refractivity contribution in [3.63, 3.8) is 0 Å². The minimum atomic E-state index is -4.40. The predicted octanol–water partition coefficient (Wildman–Crippen LogP) is 2.69. The zero-order valence-electron chi connectivity index (χ0n) is 15.7. The third-order valence-corrected chi connectivity index (χ3v) is 4.89. The summed E-state index contributed by atoms with van der Waals surface area (Å²) in [5.74, 6) is 0.976. The lowest BCUT2D eigenvalue weighted by molar-refractivity contribution is -0.137. The average molecular weight is 383 g/mol. The van der Waals surface area contributed by atoms with Gasteiger partial charge in [-0.25, -0.2) is 9.78 Å². The Kier molecular flexibility index (Phi) is 5.32. The van der Waals surface area contributed by atoms with E-state index in [1.165, 1.54) is 6.07 Å². The molecule has 3 rings (SSSR count). The fourth-order valence-electron chi connectivity index (χ4n) is 3.53. The summed E-state index contributed by atoms with van der Waals surface area (Å²) in [4.78, 5) is 20.5. The van der Waals surface area contributed by atoms with Gasteiger partial charge < -0.3 is 19.7 Å². The minimum absolute atomic E-state index is 0.167. The average Bonchev–Trinajstić information content (AvgIpc) is 3.16. The molecule has 1 unspecified atom stereocenters. The maximum atomic E-state index is 12.9. The van der Waals surface area contributed by atoms with Crippen LogP contribution in [0.4, 0.5) is 18.0 Å². The van der Waals surface area contributed by atoms with Crippen molar-refractivity contribution in [1.29, 1.82) is 0 Å². The fourth-order valence-corrected chi connectivity index (χ4v) is 3.53. The number of hydrogen-bond donors (Lipinski definition) is 1. The largest absolute Gasteiger partial charge is 0.416 e. The van der Waals surface area contributed by atoms with Gasteiger partial charge in [-0.15, -0.1) is 0 Å². The van der Waals surface area contributed by atoms with Crippen LogP contribution in [0.15, 0.2) is 18.2 Å². The van der Waals surface area contributed by atoms with Crippen molar-refractivity contribution in [3.05, 3.63) is 29.6 Å². The monoisotopic (exact) mass is 383 g/mol. The third kappa shape index (κ3) is 4.35. The van der Waals surface area contributed by atoms with Gasteiger partial charge in [-0.3, -0.25) is 0 Å². The molecule has 0 radical (unpaired) electrons. The van der Waals surface area contributed by atoms with Gasteiger partial charge in [0.1, 0.15) is 5.82 Å². The van der Waals surface area contributed by atoms with Gasteiger partial charge in [0.15, 0.2) is 0 Å². The highest BCUT2D eigenvalue weighted by Crippen LogP contribution is 2.31. The van der Waals surface area contributed by atoms with Crippen LogP contribution < -0.4 is 5.32 Å². The van der Waals surface area contributed by atoms with Crippen LogP contribution in [0.2, 0.25) is 0 Å². The van der Waals surface area contributed by atoms with E-state index in [9.17, 15) is 18.0 Å². The Bertz CT molecular complexity index is 830. The second kappa shape index (κ2) is 7.38. The lowest BCUT2D eigenvalue weighted by Crippen LogP contribution is -2.39. The molecule has 2 amide bonds. The number of imidazole rings is 1. The molecule has 9 heteroatoms. The van der Waals surface area contributed by atoms with Crippen molar-refractivity contribution in [3.8, 4) is 0 Å². The van der Waals surface area contributed by atoms with Crippen molar-refractivity contribution in [1.82, 2.24) is 24.7 Å². The number of hydrogen-bond acceptors (Lipinski definition) is 3. The first-order valence-electron chi connectivity index (χ1n) is 8.85. The van der Waals surface area contributed by atoms with Gasteiger partial charge in [0, 0.05) is 26.7 Å². The van der Waals surface area contributed by atoms with Gasteiger partial charge >= 0.3 is 12.2 Å². The summed E-state index contributed by atoms with van der Waals surface area (Å²) in [7, 11) is 5.75. The molecule has 6 nitrogen and oxygen atoms in total. The van der Waals surface area contributed by atoms with E-state index in [-0.39, 0.29) is 18.1 Å². The van der Waals surface area contributed by atoms with Crippen molar-refractivity contribution < 1.29 is 18.0 Å². The topological polar surface area (TPSA) is 53.4 Å². The molecule has 148 valence electrons. The second-order valence-electron chi connectivity index (χ2n) is 7.31. The Morgan fingerprint density at radius 1 is 1.37 bits per heavy atom. The highest BCUT2D eigenvalue weighted by molar-refractivity contribution is 5.77. The van der Waals surface area contributed by atoms with Crippen molar-refractivity contribution in [2.75, 3.05) is 33.7 Å². The maximum absolute atomic E-state index is 12.9. The lowest BCUT2D eigenvalue weighted by atomic mass is 10.1. The number of halogens is 3. The zero-order valence-corrected chi connectivity index (χ0v) is 15.7. The summed E-state index contributed by atoms with van der Waals surface area (Å²) in [5, 5.41) is 2.83. The smallest absolute Gasteiger partial charge is 0.331 e. The summed E-state index contributed by atoms with van der Waals surface area (Å²) in [6, 6.07) is 3.32. The van der Waals surface area contributed by atoms with Crippen LogP contribution in [0, 0.1) is 5.92 Å². The van der Waals surface area contributed by atoms with E-state index in [2.05, 4.69) is 15.2 Å². The van der Waals surface area contributed by atoms with E-state index in [0.717, 1.165) is 25.1 Å². The Morgan fingerprint density at radius 3 is 2.78 bits per heavy atom. The molecule has 1 atom stereocenters. The van der Waals surface area contributed by atoms with E-state index < -0.39 is 11.7 Å². The molecular weight excluding hydrogens is 359 g/mol. The van der Waals surface area contributed by atoms with Crippen LogP contribution in [-0.4, -0.2) is 59.1 Å². The number of nitrogens with zero attached hydrogens (tertiary/aromatic N) is 4. The van der Waals surface area contributed by atoms with Crippen molar-refractivity contribution in [2.24, 2.45) is 13.0 Å². The molecule has 2 heterocycles. The summed E-state index contributed by atoms with van der Waals surface area (Å²) in [5.41, 5.74) is 0.135. The van der Waals surface area contributed by atoms with Gasteiger partial charge in [-0.1, -0.05) is 0 Å². The van der Waals surface area contributed by atoms with Gasteiger partial charge in [0.2, 0.25) is 0 Å². The molecule has 1 aliphatic rings. The number of urea groups is 1. The predicted molar refractivity (Wildman–Crippen MR) is 96.2 cm³/mol. The molecule has 1 saturated heterocycles. The zero-order chi connectivity index (χ0) is 19.8. The standard InChI is InChI=1S/C18H24F3N5O/c1-24(2)10-12-6-7-26(11-12)17(27)22-9-16-23-14-8-13(18(19,20)21)4-5-15(14)25(16)3/h4-5,8,12H,6-7,9-11H2,1-3H3,(H,22,27). The number of fused-ring (bicyclic) bond motifs is 1. The van der Waals surface area contributed by atoms with Crippen LogP contribution in [-0.2, 0) is 19.8 Å². The molecule has 1 aromatic heterocycles. The fraction of sp³-hybridized carbons (Fsp3) is 0.556. The summed E-state index contributed by atoms with van der Waals surface area (Å²) >= 11 is 0. The molecule has 0 bridgehead atoms. The maximum Gasteiger partial charge on any atom is 0.416 e. The molecule has 1 fully saturated rings. The van der Waals surface area contributed by atoms with Crippen LogP contribution >= 0.6 is 0 Å². The van der Waals surface area contributed by atoms with E-state index in [1.807, 2.05) is 14.1 Å². The number of likely N-dealkylation sites (tertiary alicyclic amines) is 1. The Balaban J connectivity index is 1.65. The number of rotatable bonds is 4. The Labute approximate surface area is 155 Å². The first-order valence-corrected chi connectivity index (χ1v) is 8.85. The van der Waals surface area contributed by atoms with Crippen molar-refractivity contribution in [2.45, 2.75) is 19.1 Å². The number of benzene rings is 1. The SMILES string of the molecule is CN(C)CC1CCN(C(=O)NCc2nc3cc(C(F)(F)F)ccc3n2C)C1. The molecular formula is C18H24F3N5O. The highest BCUT2D eigenvalue weighted by Gasteiger charge is 2.31. The second-order valence-corrected chi connectivity index (χ2v) is 7.31. The number of nitrogens with one attached hydrogen (secondary N) is 1. The van der Waals surface area contributed by atoms with Gasteiger partial charge in [0.05, 0.1) is 23.1 Å². The molecule has 0 aliphatic carbocycles. The number of carbonyl (C=O) groups is 1. The van der Waals surface area contributed by atoms with E-state index in [0.29, 0.717) is 30.3 Å². The lowest BCUT2D eigenvalue weighted by Gasteiger charge is -2.19. The number of carbonyl (C=O) groups excluding carboxylic acids is 1. The van der Waals surface area contributed by atoms with Crippen LogP contribution in [0.3, 0.4) is 0 Å². The van der Waals surface area contributed by atoms with E-state index >= 15 is 0 Å². The molecule has 0 spiro atoms. The van der Waals surface area contributed by atoms with Crippen molar-refractivity contribution >= 4 is 17.1 Å². The van der Waals surface area contributed by atoms with E-state index in [1.54, 1.807) is 16.5 Å². The molecule has 1 N–H and O–H groups in total. The number of amides is 2. The summed E-state index contributed by atoms with van der Waals surface area (Å²) in [6.07, 6.45) is -3.43. The molecule has 27 heavy (non-hydrogen) atoms. The first-order chi connectivity index (χ1) is 12.6. The van der Waals surface area contributed by atoms with Gasteiger partial charge in [-0.05, 0) is 44.6 Å². The highest BCUT2D eigenvalue weighted by atomic mass is 19.4. The van der Waals surface area contributed by atoms with Crippen LogP contribution in [0.5, 0.6) is 0 Å². The number of aryl methyl sites for hydroxylation is 1. The van der Waals surface area contributed by atoms with Crippen LogP contribution in [0.25, 0.3) is 11.0 Å². The van der Waals surface area contributed by atoms with Gasteiger partial charge in [0.25, 0.3) is 0 Å². The molecule has 2 aromatic rings. The molecule has 1 aromatic carbocycles. The number of aromatic nitrogens is 2. The Morgan fingerprint density at radius 2 is 2.11 bits per heavy atom. The first kappa shape index (κ1) is 19.5. The minimum Gasteiger partial charge on any atom is -0.331 e.